The molecule has 0 spiro atoms. The molecule has 0 aromatic heterocycles. The molecule has 1 aromatic rings. The highest BCUT2D eigenvalue weighted by molar-refractivity contribution is 6.20. The fourth-order valence-electron chi connectivity index (χ4n) is 2.06. The van der Waals surface area contributed by atoms with Gasteiger partial charge in [0.1, 0.15) is 0 Å². The maximum absolute atomic E-state index is 6.03. The van der Waals surface area contributed by atoms with E-state index >= 15 is 0 Å². The molecular weight excluding hydrogens is 204 g/mol. The molecule has 0 saturated heterocycles. The van der Waals surface area contributed by atoms with Crippen molar-refractivity contribution in [3.63, 3.8) is 0 Å². The maximum Gasteiger partial charge on any atom is 0.0557 e. The van der Waals surface area contributed by atoms with Crippen molar-refractivity contribution in [2.45, 2.75) is 38.0 Å². The van der Waals surface area contributed by atoms with E-state index in [0.717, 1.165) is 0 Å². The SMILES string of the molecule is CC(Cl)c1ccc(C2=CCCCC2)cc1. The molecule has 0 nitrogen and oxygen atoms in total. The van der Waals surface area contributed by atoms with Gasteiger partial charge < -0.3 is 0 Å². The van der Waals surface area contributed by atoms with Crippen molar-refractivity contribution in [1.82, 2.24) is 0 Å². The molecule has 0 heterocycles. The van der Waals surface area contributed by atoms with Crippen LogP contribution in [0.1, 0.15) is 49.1 Å². The number of hydrogen-bond acceptors (Lipinski definition) is 0. The summed E-state index contributed by atoms with van der Waals surface area (Å²) in [6.07, 6.45) is 7.53. The molecule has 1 heteroatoms. The van der Waals surface area contributed by atoms with Crippen LogP contribution >= 0.6 is 11.6 Å². The second kappa shape index (κ2) is 4.85. The molecule has 0 saturated carbocycles. The van der Waals surface area contributed by atoms with Crippen LogP contribution in [0.5, 0.6) is 0 Å². The van der Waals surface area contributed by atoms with E-state index in [-0.39, 0.29) is 5.38 Å². The molecule has 0 N–H and O–H groups in total. The molecule has 80 valence electrons. The number of rotatable bonds is 2. The average Bonchev–Trinajstić information content (AvgIpc) is 2.30. The Kier molecular flexibility index (Phi) is 3.48. The largest absolute Gasteiger partial charge is 0.118 e. The van der Waals surface area contributed by atoms with E-state index < -0.39 is 0 Å². The van der Waals surface area contributed by atoms with Crippen LogP contribution in [0, 0.1) is 0 Å². The van der Waals surface area contributed by atoms with Gasteiger partial charge in [-0.05, 0) is 49.3 Å². The number of halogens is 1. The van der Waals surface area contributed by atoms with Crippen LogP contribution in [0.25, 0.3) is 5.57 Å². The highest BCUT2D eigenvalue weighted by Gasteiger charge is 2.06. The van der Waals surface area contributed by atoms with Gasteiger partial charge in [-0.3, -0.25) is 0 Å². The molecule has 15 heavy (non-hydrogen) atoms. The molecule has 1 aliphatic rings. The second-order valence-corrected chi connectivity index (χ2v) is 4.87. The van der Waals surface area contributed by atoms with Crippen LogP contribution in [-0.2, 0) is 0 Å². The smallest absolute Gasteiger partial charge is 0.0557 e. The second-order valence-electron chi connectivity index (χ2n) is 4.21. The van der Waals surface area contributed by atoms with Gasteiger partial charge in [0.2, 0.25) is 0 Å². The Hall–Kier alpha value is -0.750. The van der Waals surface area contributed by atoms with E-state index in [2.05, 4.69) is 30.3 Å². The summed E-state index contributed by atoms with van der Waals surface area (Å²) in [7, 11) is 0. The number of allylic oxidation sites excluding steroid dienone is 2. The molecule has 0 radical (unpaired) electrons. The van der Waals surface area contributed by atoms with E-state index in [0.29, 0.717) is 0 Å². The molecule has 0 fully saturated rings. The van der Waals surface area contributed by atoms with E-state index in [4.69, 9.17) is 11.6 Å². The normalized spacial score (nSPS) is 18.4. The number of hydrogen-bond donors (Lipinski definition) is 0. The van der Waals surface area contributed by atoms with Crippen molar-refractivity contribution < 1.29 is 0 Å². The summed E-state index contributed by atoms with van der Waals surface area (Å²) in [6.45, 7) is 2.01. The Morgan fingerprint density at radius 2 is 1.87 bits per heavy atom. The third-order valence-corrected chi connectivity index (χ3v) is 3.28. The summed E-state index contributed by atoms with van der Waals surface area (Å²) < 4.78 is 0. The van der Waals surface area contributed by atoms with Crippen molar-refractivity contribution in [3.05, 3.63) is 41.5 Å². The lowest BCUT2D eigenvalue weighted by Crippen LogP contribution is -1.92. The quantitative estimate of drug-likeness (QED) is 0.619. The molecule has 1 aliphatic carbocycles. The third-order valence-electron chi connectivity index (χ3n) is 3.03. The summed E-state index contributed by atoms with van der Waals surface area (Å²) in [5.41, 5.74) is 4.09. The molecule has 0 aliphatic heterocycles. The summed E-state index contributed by atoms with van der Waals surface area (Å²) in [6, 6.07) is 8.68. The summed E-state index contributed by atoms with van der Waals surface area (Å²) in [5, 5.41) is 0.111. The Balaban J connectivity index is 2.19. The molecule has 1 aromatic carbocycles. The Labute approximate surface area is 97.0 Å². The fourth-order valence-corrected chi connectivity index (χ4v) is 2.21. The van der Waals surface area contributed by atoms with Crippen LogP contribution in [0.2, 0.25) is 0 Å². The zero-order valence-corrected chi connectivity index (χ0v) is 9.93. The van der Waals surface area contributed by atoms with Gasteiger partial charge in [0.05, 0.1) is 5.38 Å². The third kappa shape index (κ3) is 2.63. The van der Waals surface area contributed by atoms with Gasteiger partial charge >= 0.3 is 0 Å². The molecule has 2 rings (SSSR count). The van der Waals surface area contributed by atoms with Gasteiger partial charge in [-0.2, -0.15) is 0 Å². The lowest BCUT2D eigenvalue weighted by molar-refractivity contribution is 0.742. The number of benzene rings is 1. The van der Waals surface area contributed by atoms with Gasteiger partial charge in [0, 0.05) is 0 Å². The predicted molar refractivity (Wildman–Crippen MR) is 67.2 cm³/mol. The zero-order chi connectivity index (χ0) is 10.7. The van der Waals surface area contributed by atoms with E-state index in [1.54, 1.807) is 0 Å². The first kappa shape index (κ1) is 10.8. The highest BCUT2D eigenvalue weighted by Crippen LogP contribution is 2.28. The first-order valence-corrected chi connectivity index (χ1v) is 6.14. The van der Waals surface area contributed by atoms with Gasteiger partial charge in [-0.25, -0.2) is 0 Å². The maximum atomic E-state index is 6.03. The fraction of sp³-hybridized carbons (Fsp3) is 0.429. The van der Waals surface area contributed by atoms with Crippen LogP contribution in [0.4, 0.5) is 0 Å². The van der Waals surface area contributed by atoms with Crippen LogP contribution < -0.4 is 0 Å². The Morgan fingerprint density at radius 3 is 2.40 bits per heavy atom. The van der Waals surface area contributed by atoms with Crippen LogP contribution in [0.3, 0.4) is 0 Å². The molecule has 0 amide bonds. The van der Waals surface area contributed by atoms with Crippen molar-refractivity contribution in [2.75, 3.05) is 0 Å². The van der Waals surface area contributed by atoms with Gasteiger partial charge in [0.25, 0.3) is 0 Å². The van der Waals surface area contributed by atoms with Gasteiger partial charge in [-0.15, -0.1) is 11.6 Å². The van der Waals surface area contributed by atoms with Crippen molar-refractivity contribution >= 4 is 17.2 Å². The minimum Gasteiger partial charge on any atom is -0.118 e. The minimum absolute atomic E-state index is 0.111. The monoisotopic (exact) mass is 220 g/mol. The molecular formula is C14H17Cl. The molecule has 1 unspecified atom stereocenters. The molecule has 1 atom stereocenters. The first-order valence-electron chi connectivity index (χ1n) is 5.71. The predicted octanol–water partition coefficient (Wildman–Crippen LogP) is 4.94. The topological polar surface area (TPSA) is 0 Å². The lowest BCUT2D eigenvalue weighted by Gasteiger charge is -2.13. The average molecular weight is 221 g/mol. The van der Waals surface area contributed by atoms with Gasteiger partial charge in [0.15, 0.2) is 0 Å². The summed E-state index contributed by atoms with van der Waals surface area (Å²) in [5.74, 6) is 0. The van der Waals surface area contributed by atoms with Crippen LogP contribution in [0.15, 0.2) is 30.3 Å². The Morgan fingerprint density at radius 1 is 1.13 bits per heavy atom. The summed E-state index contributed by atoms with van der Waals surface area (Å²) >= 11 is 6.03. The van der Waals surface area contributed by atoms with E-state index in [1.165, 1.54) is 42.4 Å². The standard InChI is InChI=1S/C14H17Cl/c1-11(15)12-7-9-14(10-8-12)13-5-3-2-4-6-13/h5,7-11H,2-4,6H2,1H3. The van der Waals surface area contributed by atoms with E-state index in [9.17, 15) is 0 Å². The number of alkyl halides is 1. The minimum atomic E-state index is 0.111. The van der Waals surface area contributed by atoms with Crippen molar-refractivity contribution in [1.29, 1.82) is 0 Å². The highest BCUT2D eigenvalue weighted by atomic mass is 35.5. The molecule has 0 bridgehead atoms. The lowest BCUT2D eigenvalue weighted by atomic mass is 9.93. The zero-order valence-electron chi connectivity index (χ0n) is 9.17. The van der Waals surface area contributed by atoms with Crippen LogP contribution in [-0.4, -0.2) is 0 Å². The van der Waals surface area contributed by atoms with Crippen molar-refractivity contribution in [2.24, 2.45) is 0 Å². The van der Waals surface area contributed by atoms with Gasteiger partial charge in [-0.1, -0.05) is 30.3 Å². The summed E-state index contributed by atoms with van der Waals surface area (Å²) in [4.78, 5) is 0. The van der Waals surface area contributed by atoms with Crippen molar-refractivity contribution in [3.8, 4) is 0 Å². The van der Waals surface area contributed by atoms with E-state index in [1.807, 2.05) is 6.92 Å². The first-order chi connectivity index (χ1) is 7.27. The Bertz CT molecular complexity index is 346.